The molecular formula is C43H67N5O12Si3. The summed E-state index contributed by atoms with van der Waals surface area (Å²) in [7, 11) is -6.58. The molecule has 5 heterocycles. The average Bonchev–Trinajstić information content (AvgIpc) is 3.75. The van der Waals surface area contributed by atoms with Gasteiger partial charge in [-0.15, -0.1) is 0 Å². The van der Waals surface area contributed by atoms with Gasteiger partial charge in [-0.25, -0.2) is 19.7 Å². The Labute approximate surface area is 373 Å². The van der Waals surface area contributed by atoms with Crippen LogP contribution < -0.4 is 5.32 Å². The number of fused-ring (bicyclic) bond motifs is 2. The Morgan fingerprint density at radius 1 is 0.873 bits per heavy atom. The molecule has 3 saturated heterocycles. The molecule has 0 unspecified atom stereocenters. The van der Waals surface area contributed by atoms with Gasteiger partial charge in [0.2, 0.25) is 0 Å². The lowest BCUT2D eigenvalue weighted by Crippen LogP contribution is -2.66. The summed E-state index contributed by atoms with van der Waals surface area (Å²) >= 11 is 0. The largest absolute Gasteiger partial charge is 0.467 e. The third-order valence-corrected chi connectivity index (χ3v) is 28.1. The van der Waals surface area contributed by atoms with Crippen LogP contribution in [0.2, 0.25) is 40.3 Å². The number of esters is 1. The smallest absolute Gasteiger partial charge is 0.337 e. The minimum atomic E-state index is -3.35. The summed E-state index contributed by atoms with van der Waals surface area (Å²) in [5, 5.41) is 15.3. The lowest BCUT2D eigenvalue weighted by Gasteiger charge is -2.45. The minimum Gasteiger partial charge on any atom is -0.467 e. The van der Waals surface area contributed by atoms with E-state index in [2.05, 4.69) is 54.1 Å². The van der Waals surface area contributed by atoms with Crippen molar-refractivity contribution in [1.29, 1.82) is 0 Å². The molecule has 63 heavy (non-hydrogen) atoms. The van der Waals surface area contributed by atoms with E-state index in [0.717, 1.165) is 0 Å². The molecule has 0 aliphatic carbocycles. The molecule has 0 saturated carbocycles. The number of aromatic nitrogens is 4. The summed E-state index contributed by atoms with van der Waals surface area (Å²) in [5.74, 6) is -1.61. The highest BCUT2D eigenvalue weighted by molar-refractivity contribution is 6.84. The van der Waals surface area contributed by atoms with Crippen LogP contribution in [0.3, 0.4) is 0 Å². The summed E-state index contributed by atoms with van der Waals surface area (Å²) in [6, 6.07) is 8.71. The topological polar surface area (TPSA) is 201 Å². The Bertz CT molecular complexity index is 2100. The normalized spacial score (nSPS) is 28.1. The molecule has 0 radical (unpaired) electrons. The van der Waals surface area contributed by atoms with Crippen molar-refractivity contribution in [3.63, 3.8) is 0 Å². The molecule has 17 nitrogen and oxygen atoms in total. The first-order valence-corrected chi connectivity index (χ1v) is 28.7. The number of nitrogens with one attached hydrogen (secondary N) is 1. The zero-order chi connectivity index (χ0) is 46.6. The van der Waals surface area contributed by atoms with Crippen molar-refractivity contribution in [2.45, 2.75) is 172 Å². The number of carbonyl (C=O) groups is 3. The van der Waals surface area contributed by atoms with Crippen LogP contribution in [0, 0.1) is 0 Å². The lowest BCUT2D eigenvalue weighted by atomic mass is 9.90. The molecular weight excluding hydrogens is 863 g/mol. The molecule has 0 spiro atoms. The quantitative estimate of drug-likeness (QED) is 0.138. The van der Waals surface area contributed by atoms with Crippen LogP contribution in [0.1, 0.15) is 92.7 Å². The number of carbonyl (C=O) groups excluding carboxylic acids is 3. The van der Waals surface area contributed by atoms with E-state index >= 15 is 4.79 Å². The zero-order valence-corrected chi connectivity index (χ0v) is 42.3. The predicted octanol–water partition coefficient (Wildman–Crippen LogP) is 6.58. The molecule has 2 N–H and O–H groups in total. The number of aliphatic hydroxyl groups is 1. The van der Waals surface area contributed by atoms with Crippen molar-refractivity contribution in [1.82, 2.24) is 19.5 Å². The third-order valence-electron chi connectivity index (χ3n) is 13.3. The van der Waals surface area contributed by atoms with Crippen LogP contribution in [0.5, 0.6) is 0 Å². The molecule has 9 atom stereocenters. The highest BCUT2D eigenvalue weighted by atomic mass is 28.5. The summed E-state index contributed by atoms with van der Waals surface area (Å²) in [6.45, 7) is 26.7. The summed E-state index contributed by atoms with van der Waals surface area (Å²) in [6.07, 6.45) is -8.80. The molecule has 3 aliphatic rings. The number of anilines is 1. The standard InChI is InChI=1S/C43H67N5O12Si3/c1-23(2)62(24(3)4)58-33-30(50)31(55-37(42(52)54-13)35(33)59-63(60-62,25(5)6)26(7)8)29(49)32-34(57-61(14,15)43(9,10)11)36(53-12)41(56-32)48-22-46-28-38(44-21-45-39(28)48)47-40(51)27-19-17-16-18-20-27/h16-26,29,31-37,41,49H,1-15H3,(H,44,45,47,51)/t29-,31-,32+,33+,34+,35-,36+,37-,41+/m0/s1. The molecule has 20 heteroatoms. The number of nitrogens with zero attached hydrogens (tertiary/aromatic N) is 4. The van der Waals surface area contributed by atoms with Crippen LogP contribution in [-0.2, 0) is 45.9 Å². The minimum absolute atomic E-state index is 0.0929. The number of hydrogen-bond acceptors (Lipinski definition) is 15. The Morgan fingerprint density at radius 3 is 2.03 bits per heavy atom. The lowest BCUT2D eigenvalue weighted by molar-refractivity contribution is -0.212. The number of rotatable bonds is 13. The second-order valence-corrected chi connectivity index (χ2v) is 33.1. The van der Waals surface area contributed by atoms with E-state index in [-0.39, 0.29) is 44.4 Å². The van der Waals surface area contributed by atoms with Crippen molar-refractivity contribution in [3.8, 4) is 0 Å². The van der Waals surface area contributed by atoms with E-state index in [4.69, 9.17) is 36.3 Å². The van der Waals surface area contributed by atoms with Gasteiger partial charge < -0.3 is 46.8 Å². The first-order chi connectivity index (χ1) is 29.5. The highest BCUT2D eigenvalue weighted by Crippen LogP contribution is 2.50. The Hall–Kier alpha value is -3.29. The van der Waals surface area contributed by atoms with E-state index in [1.54, 1.807) is 28.8 Å². The van der Waals surface area contributed by atoms with E-state index in [1.165, 1.54) is 26.9 Å². The van der Waals surface area contributed by atoms with Gasteiger partial charge in [-0.2, -0.15) is 0 Å². The summed E-state index contributed by atoms with van der Waals surface area (Å²) < 4.78 is 54.9. The van der Waals surface area contributed by atoms with Gasteiger partial charge in [-0.1, -0.05) is 94.4 Å². The van der Waals surface area contributed by atoms with E-state index in [0.29, 0.717) is 11.2 Å². The highest BCUT2D eigenvalue weighted by Gasteiger charge is 2.67. The molecule has 0 bridgehead atoms. The number of aliphatic hydroxyl groups excluding tert-OH is 1. The second-order valence-electron chi connectivity index (χ2n) is 19.6. The van der Waals surface area contributed by atoms with Gasteiger partial charge in [0.25, 0.3) is 5.91 Å². The van der Waals surface area contributed by atoms with E-state index in [9.17, 15) is 14.7 Å². The molecule has 3 aliphatic heterocycles. The number of benzene rings is 1. The molecule has 6 rings (SSSR count). The SMILES string of the molecule is COC(=O)[C@H]1O[C@@H]([C@H](O)[C@H]2O[C@@H](n3cnc4c(NC(=O)c5ccccc5)ncnc43)[C@H](OC)[C@@H]2O[Si](C)(C)C(C)(C)C)C(=O)[C@H]2O[Si](C(C)C)(C(C)C)O[Si](C(C)C)(C(C)C)O[C@H]12. The van der Waals surface area contributed by atoms with Crippen LogP contribution in [0.4, 0.5) is 5.82 Å². The first kappa shape index (κ1) is 49.2. The number of hydrogen-bond donors (Lipinski definition) is 2. The van der Waals surface area contributed by atoms with Crippen molar-refractivity contribution >= 4 is 60.1 Å². The Balaban J connectivity index is 1.44. The van der Waals surface area contributed by atoms with Gasteiger partial charge in [0, 0.05) is 12.7 Å². The number of ketones is 1. The maximum atomic E-state index is 15.2. The van der Waals surface area contributed by atoms with Gasteiger partial charge in [-0.05, 0) is 52.4 Å². The van der Waals surface area contributed by atoms with Gasteiger partial charge in [0.15, 0.2) is 43.4 Å². The molecule has 3 fully saturated rings. The van der Waals surface area contributed by atoms with Crippen molar-refractivity contribution < 1.29 is 55.8 Å². The fraction of sp³-hybridized carbons (Fsp3) is 0.674. The van der Waals surface area contributed by atoms with Crippen molar-refractivity contribution in [2.75, 3.05) is 19.5 Å². The maximum Gasteiger partial charge on any atom is 0.337 e. The number of Topliss-reactive ketones (excluding diaryl/α,β-unsaturated/α-hetero) is 1. The monoisotopic (exact) mass is 929 g/mol. The second kappa shape index (κ2) is 18.5. The van der Waals surface area contributed by atoms with E-state index in [1.807, 2.05) is 61.5 Å². The molecule has 3 aromatic rings. The number of methoxy groups -OCH3 is 2. The van der Waals surface area contributed by atoms with Crippen LogP contribution >= 0.6 is 0 Å². The molecule has 1 aromatic carbocycles. The first-order valence-electron chi connectivity index (χ1n) is 21.9. The predicted molar refractivity (Wildman–Crippen MR) is 241 cm³/mol. The fourth-order valence-electron chi connectivity index (χ4n) is 8.78. The Kier molecular flexibility index (Phi) is 14.5. The number of ether oxygens (including phenoxy) is 4. The zero-order valence-electron chi connectivity index (χ0n) is 39.3. The number of imidazole rings is 1. The van der Waals surface area contributed by atoms with Crippen LogP contribution in [-0.4, -0.2) is 131 Å². The van der Waals surface area contributed by atoms with Crippen LogP contribution in [0.25, 0.3) is 11.2 Å². The van der Waals surface area contributed by atoms with Crippen LogP contribution in [0.15, 0.2) is 43.0 Å². The van der Waals surface area contributed by atoms with Gasteiger partial charge in [-0.3, -0.25) is 14.2 Å². The van der Waals surface area contributed by atoms with Crippen molar-refractivity contribution in [3.05, 3.63) is 48.5 Å². The molecule has 1 amide bonds. The fourth-order valence-corrected chi connectivity index (χ4v) is 21.3. The van der Waals surface area contributed by atoms with Crippen molar-refractivity contribution in [2.24, 2.45) is 0 Å². The maximum absolute atomic E-state index is 15.2. The summed E-state index contributed by atoms with van der Waals surface area (Å²) in [5.41, 5.74) is 0.586. The van der Waals surface area contributed by atoms with E-state index < -0.39 is 92.3 Å². The van der Waals surface area contributed by atoms with Gasteiger partial charge >= 0.3 is 23.1 Å². The summed E-state index contributed by atoms with van der Waals surface area (Å²) in [4.78, 5) is 55.7. The van der Waals surface area contributed by atoms with Gasteiger partial charge in [0.1, 0.15) is 49.1 Å². The third kappa shape index (κ3) is 8.89. The Morgan fingerprint density at radius 2 is 1.48 bits per heavy atom. The molecule has 2 aromatic heterocycles. The number of amides is 1. The molecule has 348 valence electrons. The average molecular weight is 930 g/mol. The van der Waals surface area contributed by atoms with Gasteiger partial charge in [0.05, 0.1) is 13.4 Å².